The predicted molar refractivity (Wildman–Crippen MR) is 42.0 cm³/mol. The van der Waals surface area contributed by atoms with E-state index in [0.717, 1.165) is 0 Å². The van der Waals surface area contributed by atoms with Gasteiger partial charge in [-0.1, -0.05) is 0 Å². The summed E-state index contributed by atoms with van der Waals surface area (Å²) in [5.41, 5.74) is -1.23. The predicted octanol–water partition coefficient (Wildman–Crippen LogP) is 2.24. The van der Waals surface area contributed by atoms with Crippen LogP contribution in [0.3, 0.4) is 0 Å². The monoisotopic (exact) mass is 297 g/mol. The van der Waals surface area contributed by atoms with Crippen LogP contribution in [0.25, 0.3) is 0 Å². The van der Waals surface area contributed by atoms with Gasteiger partial charge < -0.3 is 0 Å². The molecule has 0 saturated heterocycles. The Labute approximate surface area is 98.5 Å². The minimum atomic E-state index is -6.07. The molecular weight excluding hydrogens is 294 g/mol. The van der Waals surface area contributed by atoms with Gasteiger partial charge in [0.1, 0.15) is 0 Å². The summed E-state index contributed by atoms with van der Waals surface area (Å²) < 4.78 is 95.4. The van der Waals surface area contributed by atoms with Crippen molar-refractivity contribution in [2.45, 2.75) is 18.5 Å². The Balaban J connectivity index is 2.89. The molecule has 1 rings (SSSR count). The van der Waals surface area contributed by atoms with Gasteiger partial charge in [-0.05, 0) is 6.07 Å². The summed E-state index contributed by atoms with van der Waals surface area (Å²) in [6.45, 7) is 0. The standard InChI is InChI=1S/C7H3F8N3O/c8-5(9,10)6(11,12)16-4(19)3-1-2-18(17-3)7(13,14)15/h1-2H,(H,16,19). The molecule has 0 bridgehead atoms. The summed E-state index contributed by atoms with van der Waals surface area (Å²) in [6, 6.07) is -5.23. The Bertz CT molecular complexity index is 473. The Hall–Kier alpha value is -1.88. The van der Waals surface area contributed by atoms with Crippen LogP contribution in [0.15, 0.2) is 12.3 Å². The van der Waals surface area contributed by atoms with Crippen molar-refractivity contribution in [2.75, 3.05) is 0 Å². The van der Waals surface area contributed by atoms with Crippen molar-refractivity contribution in [1.82, 2.24) is 15.1 Å². The number of amides is 1. The molecular formula is C7H3F8N3O. The molecule has 12 heteroatoms. The summed E-state index contributed by atoms with van der Waals surface area (Å²) in [7, 11) is 0. The Morgan fingerprint density at radius 3 is 2.00 bits per heavy atom. The van der Waals surface area contributed by atoms with Gasteiger partial charge in [0.2, 0.25) is 0 Å². The third kappa shape index (κ3) is 3.32. The van der Waals surface area contributed by atoms with Crippen LogP contribution in [0.4, 0.5) is 35.1 Å². The highest BCUT2D eigenvalue weighted by Crippen LogP contribution is 2.33. The Kier molecular flexibility index (Phi) is 3.47. The minimum absolute atomic E-state index is 0.195. The van der Waals surface area contributed by atoms with Gasteiger partial charge in [-0.25, -0.2) is 0 Å². The first-order chi connectivity index (χ1) is 8.34. The summed E-state index contributed by atoms with van der Waals surface area (Å²) in [5.74, 6) is -2.09. The van der Waals surface area contributed by atoms with E-state index in [1.165, 1.54) is 0 Å². The molecule has 0 aliphatic heterocycles. The van der Waals surface area contributed by atoms with E-state index in [2.05, 4.69) is 5.10 Å². The quantitative estimate of drug-likeness (QED) is 0.672. The van der Waals surface area contributed by atoms with E-state index in [1.54, 1.807) is 0 Å². The Morgan fingerprint density at radius 2 is 1.63 bits per heavy atom. The van der Waals surface area contributed by atoms with Crippen molar-refractivity contribution >= 4 is 5.91 Å². The van der Waals surface area contributed by atoms with E-state index in [1.807, 2.05) is 0 Å². The maximum absolute atomic E-state index is 12.4. The first-order valence-electron chi connectivity index (χ1n) is 4.24. The van der Waals surface area contributed by atoms with Gasteiger partial charge in [-0.15, -0.1) is 13.2 Å². The van der Waals surface area contributed by atoms with Gasteiger partial charge in [0.15, 0.2) is 5.69 Å². The first kappa shape index (κ1) is 15.2. The van der Waals surface area contributed by atoms with Crippen LogP contribution in [0, 0.1) is 0 Å². The largest absolute Gasteiger partial charge is 0.504 e. The van der Waals surface area contributed by atoms with E-state index in [-0.39, 0.29) is 11.5 Å². The third-order valence-electron chi connectivity index (χ3n) is 1.71. The smallest absolute Gasteiger partial charge is 0.284 e. The lowest BCUT2D eigenvalue weighted by Gasteiger charge is -2.19. The van der Waals surface area contributed by atoms with Gasteiger partial charge in [0.25, 0.3) is 5.91 Å². The van der Waals surface area contributed by atoms with E-state index in [0.29, 0.717) is 6.07 Å². The van der Waals surface area contributed by atoms with E-state index < -0.39 is 34.8 Å². The zero-order chi connectivity index (χ0) is 15.1. The molecule has 0 aromatic carbocycles. The number of aromatic nitrogens is 2. The van der Waals surface area contributed by atoms with Crippen LogP contribution in [0.1, 0.15) is 10.5 Å². The summed E-state index contributed by atoms with van der Waals surface area (Å²) in [4.78, 5) is 10.9. The third-order valence-corrected chi connectivity index (χ3v) is 1.71. The number of nitrogens with zero attached hydrogens (tertiary/aromatic N) is 2. The van der Waals surface area contributed by atoms with Crippen molar-refractivity contribution < 1.29 is 39.9 Å². The molecule has 0 unspecified atom stereocenters. The molecule has 108 valence electrons. The van der Waals surface area contributed by atoms with Crippen molar-refractivity contribution in [3.05, 3.63) is 18.0 Å². The lowest BCUT2D eigenvalue weighted by atomic mass is 10.4. The van der Waals surface area contributed by atoms with Crippen molar-refractivity contribution in [2.24, 2.45) is 0 Å². The molecule has 0 aliphatic carbocycles. The van der Waals surface area contributed by atoms with Gasteiger partial charge in [-0.2, -0.15) is 31.7 Å². The summed E-state index contributed by atoms with van der Waals surface area (Å²) >= 11 is 0. The van der Waals surface area contributed by atoms with Gasteiger partial charge >= 0.3 is 18.5 Å². The molecule has 0 fully saturated rings. The maximum Gasteiger partial charge on any atom is 0.504 e. The first-order valence-corrected chi connectivity index (χ1v) is 4.24. The molecule has 1 aromatic rings. The molecule has 0 aliphatic rings. The molecule has 4 nitrogen and oxygen atoms in total. The van der Waals surface area contributed by atoms with Crippen LogP contribution >= 0.6 is 0 Å². The average molecular weight is 297 g/mol. The minimum Gasteiger partial charge on any atom is -0.284 e. The number of alkyl halides is 8. The second-order valence-electron chi connectivity index (χ2n) is 3.14. The SMILES string of the molecule is O=C(NC(F)(F)C(F)(F)F)c1ccn(C(F)(F)F)n1. The maximum atomic E-state index is 12.4. The molecule has 0 radical (unpaired) electrons. The Morgan fingerprint density at radius 1 is 1.11 bits per heavy atom. The number of rotatable bonds is 2. The number of hydrogen-bond acceptors (Lipinski definition) is 2. The second-order valence-corrected chi connectivity index (χ2v) is 3.14. The average Bonchev–Trinajstić information content (AvgIpc) is 2.62. The number of carbonyl (C=O) groups excluding carboxylic acids is 1. The highest BCUT2D eigenvalue weighted by molar-refractivity contribution is 5.92. The van der Waals surface area contributed by atoms with Crippen LogP contribution in [0.2, 0.25) is 0 Å². The van der Waals surface area contributed by atoms with Crippen LogP contribution in [-0.4, -0.2) is 27.9 Å². The fourth-order valence-corrected chi connectivity index (χ4v) is 0.864. The lowest BCUT2D eigenvalue weighted by molar-refractivity contribution is -0.290. The fraction of sp³-hybridized carbons (Fsp3) is 0.429. The van der Waals surface area contributed by atoms with E-state index in [4.69, 9.17) is 0 Å². The van der Waals surface area contributed by atoms with E-state index >= 15 is 0 Å². The van der Waals surface area contributed by atoms with Crippen molar-refractivity contribution in [3.8, 4) is 0 Å². The number of halogens is 8. The van der Waals surface area contributed by atoms with Crippen molar-refractivity contribution in [1.29, 1.82) is 0 Å². The molecule has 19 heavy (non-hydrogen) atoms. The number of hydrogen-bond donors (Lipinski definition) is 1. The highest BCUT2D eigenvalue weighted by Gasteiger charge is 2.59. The van der Waals surface area contributed by atoms with Crippen LogP contribution < -0.4 is 5.32 Å². The zero-order valence-corrected chi connectivity index (χ0v) is 8.48. The molecule has 0 atom stereocenters. The number of carbonyl (C=O) groups is 1. The van der Waals surface area contributed by atoms with Gasteiger partial charge in [-0.3, -0.25) is 10.1 Å². The van der Waals surface area contributed by atoms with Crippen molar-refractivity contribution in [3.63, 3.8) is 0 Å². The summed E-state index contributed by atoms with van der Waals surface area (Å²) in [5, 5.41) is 2.76. The molecule has 1 amide bonds. The molecule has 1 aromatic heterocycles. The highest BCUT2D eigenvalue weighted by atomic mass is 19.4. The fourth-order valence-electron chi connectivity index (χ4n) is 0.864. The van der Waals surface area contributed by atoms with Crippen LogP contribution in [0.5, 0.6) is 0 Å². The number of nitrogens with one attached hydrogen (secondary N) is 1. The molecule has 0 spiro atoms. The van der Waals surface area contributed by atoms with Crippen LogP contribution in [-0.2, 0) is 6.30 Å². The van der Waals surface area contributed by atoms with Gasteiger partial charge in [0.05, 0.1) is 0 Å². The zero-order valence-electron chi connectivity index (χ0n) is 8.48. The second kappa shape index (κ2) is 4.35. The molecule has 1 heterocycles. The topological polar surface area (TPSA) is 46.9 Å². The normalized spacial score (nSPS) is 13.5. The van der Waals surface area contributed by atoms with Gasteiger partial charge in [0, 0.05) is 6.20 Å². The summed E-state index contributed by atoms with van der Waals surface area (Å²) in [6.07, 6.45) is -10.9. The lowest BCUT2D eigenvalue weighted by Crippen LogP contribution is -2.52. The molecule has 0 saturated carbocycles. The van der Waals surface area contributed by atoms with E-state index in [9.17, 15) is 39.9 Å². The molecule has 1 N–H and O–H groups in total.